The Morgan fingerprint density at radius 1 is 1.12 bits per heavy atom. The van der Waals surface area contributed by atoms with Gasteiger partial charge in [-0.1, -0.05) is 0 Å². The number of anilines is 1. The van der Waals surface area contributed by atoms with E-state index in [1.165, 1.54) is 12.1 Å². The molecule has 0 aliphatic heterocycles. The highest BCUT2D eigenvalue weighted by molar-refractivity contribution is 5.44. The number of nitrogens with two attached hydrogens (primary N) is 1. The number of halogens is 2. The van der Waals surface area contributed by atoms with Crippen LogP contribution in [0.5, 0.6) is 0 Å². The lowest BCUT2D eigenvalue weighted by Gasteiger charge is -2.04. The molecule has 1 aromatic heterocycles. The number of aromatic nitrogens is 1. The smallest absolute Gasteiger partial charge is 0.126 e. The van der Waals surface area contributed by atoms with Crippen LogP contribution in [-0.4, -0.2) is 4.98 Å². The van der Waals surface area contributed by atoms with Gasteiger partial charge >= 0.3 is 0 Å². The van der Waals surface area contributed by atoms with Gasteiger partial charge in [0.2, 0.25) is 0 Å². The lowest BCUT2D eigenvalue weighted by molar-refractivity contribution is 0.580. The first-order chi connectivity index (χ1) is 7.65. The SMILES string of the molecule is Nc1cccnc1Cc1cc(F)cc(F)c1. The first kappa shape index (κ1) is 10.5. The maximum absolute atomic E-state index is 12.9. The maximum atomic E-state index is 12.9. The minimum absolute atomic E-state index is 0.321. The van der Waals surface area contributed by atoms with Crippen LogP contribution in [0.25, 0.3) is 0 Å². The minimum atomic E-state index is -0.593. The molecule has 2 aromatic rings. The van der Waals surface area contributed by atoms with Crippen LogP contribution >= 0.6 is 0 Å². The Morgan fingerprint density at radius 2 is 1.81 bits per heavy atom. The van der Waals surface area contributed by atoms with Crippen molar-refractivity contribution in [2.24, 2.45) is 0 Å². The van der Waals surface area contributed by atoms with Crippen molar-refractivity contribution in [3.63, 3.8) is 0 Å². The Morgan fingerprint density at radius 3 is 2.44 bits per heavy atom. The molecule has 0 unspecified atom stereocenters. The van der Waals surface area contributed by atoms with E-state index < -0.39 is 11.6 Å². The highest BCUT2D eigenvalue weighted by Gasteiger charge is 2.04. The van der Waals surface area contributed by atoms with Crippen molar-refractivity contribution in [3.05, 3.63) is 59.4 Å². The van der Waals surface area contributed by atoms with Gasteiger partial charge in [-0.25, -0.2) is 8.78 Å². The zero-order valence-corrected chi connectivity index (χ0v) is 8.45. The van der Waals surface area contributed by atoms with Crippen molar-refractivity contribution in [1.82, 2.24) is 4.98 Å². The van der Waals surface area contributed by atoms with Crippen molar-refractivity contribution in [2.45, 2.75) is 6.42 Å². The number of rotatable bonds is 2. The van der Waals surface area contributed by atoms with Gasteiger partial charge < -0.3 is 5.73 Å². The Kier molecular flexibility index (Phi) is 2.81. The first-order valence-electron chi connectivity index (χ1n) is 4.79. The fourth-order valence-electron chi connectivity index (χ4n) is 1.50. The van der Waals surface area contributed by atoms with E-state index in [1.807, 2.05) is 0 Å². The van der Waals surface area contributed by atoms with E-state index in [-0.39, 0.29) is 0 Å². The monoisotopic (exact) mass is 220 g/mol. The molecule has 0 atom stereocenters. The lowest BCUT2D eigenvalue weighted by atomic mass is 10.1. The number of hydrogen-bond donors (Lipinski definition) is 1. The van der Waals surface area contributed by atoms with Crippen LogP contribution in [0, 0.1) is 11.6 Å². The molecule has 4 heteroatoms. The number of nitrogens with zero attached hydrogens (tertiary/aromatic N) is 1. The topological polar surface area (TPSA) is 38.9 Å². The molecule has 2 rings (SSSR count). The van der Waals surface area contributed by atoms with E-state index in [0.29, 0.717) is 23.4 Å². The summed E-state index contributed by atoms with van der Waals surface area (Å²) in [5.41, 5.74) is 7.35. The van der Waals surface area contributed by atoms with Gasteiger partial charge in [0.15, 0.2) is 0 Å². The summed E-state index contributed by atoms with van der Waals surface area (Å²) >= 11 is 0. The van der Waals surface area contributed by atoms with E-state index in [4.69, 9.17) is 5.73 Å². The van der Waals surface area contributed by atoms with Gasteiger partial charge in [0.25, 0.3) is 0 Å². The Balaban J connectivity index is 2.30. The third kappa shape index (κ3) is 2.34. The second-order valence-corrected chi connectivity index (χ2v) is 3.49. The summed E-state index contributed by atoms with van der Waals surface area (Å²) in [6.45, 7) is 0. The van der Waals surface area contributed by atoms with Crippen molar-refractivity contribution in [1.29, 1.82) is 0 Å². The van der Waals surface area contributed by atoms with Crippen molar-refractivity contribution < 1.29 is 8.78 Å². The van der Waals surface area contributed by atoms with Gasteiger partial charge in [-0.05, 0) is 29.8 Å². The summed E-state index contributed by atoms with van der Waals surface area (Å²) < 4.78 is 25.9. The average Bonchev–Trinajstić information content (AvgIpc) is 2.20. The molecule has 0 fully saturated rings. The quantitative estimate of drug-likeness (QED) is 0.844. The maximum Gasteiger partial charge on any atom is 0.126 e. The third-order valence-electron chi connectivity index (χ3n) is 2.22. The van der Waals surface area contributed by atoms with Crippen LogP contribution in [-0.2, 0) is 6.42 Å². The van der Waals surface area contributed by atoms with Gasteiger partial charge in [0, 0.05) is 18.7 Å². The van der Waals surface area contributed by atoms with Crippen molar-refractivity contribution in [3.8, 4) is 0 Å². The zero-order chi connectivity index (χ0) is 11.5. The molecule has 0 saturated heterocycles. The Hall–Kier alpha value is -1.97. The second kappa shape index (κ2) is 4.26. The van der Waals surface area contributed by atoms with Crippen LogP contribution in [0.3, 0.4) is 0 Å². The van der Waals surface area contributed by atoms with Crippen LogP contribution in [0.2, 0.25) is 0 Å². The van der Waals surface area contributed by atoms with Gasteiger partial charge in [0.05, 0.1) is 11.4 Å². The average molecular weight is 220 g/mol. The van der Waals surface area contributed by atoms with Gasteiger partial charge in [-0.15, -0.1) is 0 Å². The first-order valence-corrected chi connectivity index (χ1v) is 4.79. The van der Waals surface area contributed by atoms with Gasteiger partial charge in [0.1, 0.15) is 11.6 Å². The molecular weight excluding hydrogens is 210 g/mol. The molecule has 0 saturated carbocycles. The fraction of sp³-hybridized carbons (Fsp3) is 0.0833. The normalized spacial score (nSPS) is 10.4. The van der Waals surface area contributed by atoms with E-state index in [1.54, 1.807) is 18.3 Å². The third-order valence-corrected chi connectivity index (χ3v) is 2.22. The van der Waals surface area contributed by atoms with Crippen molar-refractivity contribution >= 4 is 5.69 Å². The van der Waals surface area contributed by atoms with Crippen LogP contribution in [0.1, 0.15) is 11.3 Å². The number of hydrogen-bond acceptors (Lipinski definition) is 2. The molecule has 0 radical (unpaired) electrons. The predicted octanol–water partition coefficient (Wildman–Crippen LogP) is 2.53. The highest BCUT2D eigenvalue weighted by atomic mass is 19.1. The van der Waals surface area contributed by atoms with E-state index >= 15 is 0 Å². The number of benzene rings is 1. The molecule has 0 aliphatic rings. The van der Waals surface area contributed by atoms with E-state index in [0.717, 1.165) is 6.07 Å². The lowest BCUT2D eigenvalue weighted by Crippen LogP contribution is -1.99. The summed E-state index contributed by atoms with van der Waals surface area (Å²) in [4.78, 5) is 4.06. The van der Waals surface area contributed by atoms with E-state index in [9.17, 15) is 8.78 Å². The summed E-state index contributed by atoms with van der Waals surface area (Å²) in [7, 11) is 0. The number of nitrogen functional groups attached to an aromatic ring is 1. The van der Waals surface area contributed by atoms with Crippen molar-refractivity contribution in [2.75, 3.05) is 5.73 Å². The summed E-state index contributed by atoms with van der Waals surface area (Å²) in [6.07, 6.45) is 1.92. The standard InChI is InChI=1S/C12H10F2N2/c13-9-4-8(5-10(14)7-9)6-12-11(15)2-1-3-16-12/h1-5,7H,6,15H2. The van der Waals surface area contributed by atoms with Crippen LogP contribution in [0.15, 0.2) is 36.5 Å². The Bertz CT molecular complexity index is 492. The summed E-state index contributed by atoms with van der Waals surface area (Å²) in [5, 5.41) is 0. The van der Waals surface area contributed by atoms with Gasteiger partial charge in [-0.2, -0.15) is 0 Å². The molecule has 0 aliphatic carbocycles. The summed E-state index contributed by atoms with van der Waals surface area (Å²) in [6, 6.07) is 6.81. The molecule has 1 heterocycles. The molecule has 0 amide bonds. The van der Waals surface area contributed by atoms with Gasteiger partial charge in [-0.3, -0.25) is 4.98 Å². The largest absolute Gasteiger partial charge is 0.397 e. The molecule has 2 N–H and O–H groups in total. The second-order valence-electron chi connectivity index (χ2n) is 3.49. The highest BCUT2D eigenvalue weighted by Crippen LogP contribution is 2.15. The molecule has 1 aromatic carbocycles. The summed E-state index contributed by atoms with van der Waals surface area (Å²) in [5.74, 6) is -1.19. The predicted molar refractivity (Wildman–Crippen MR) is 57.8 cm³/mol. The molecule has 2 nitrogen and oxygen atoms in total. The van der Waals surface area contributed by atoms with Crippen LogP contribution < -0.4 is 5.73 Å². The molecule has 16 heavy (non-hydrogen) atoms. The fourth-order valence-corrected chi connectivity index (χ4v) is 1.50. The molecule has 0 spiro atoms. The molecule has 82 valence electrons. The number of pyridine rings is 1. The molecule has 0 bridgehead atoms. The van der Waals surface area contributed by atoms with E-state index in [2.05, 4.69) is 4.98 Å². The van der Waals surface area contributed by atoms with Crippen LogP contribution in [0.4, 0.5) is 14.5 Å². The minimum Gasteiger partial charge on any atom is -0.397 e. The zero-order valence-electron chi connectivity index (χ0n) is 8.45. The Labute approximate surface area is 91.7 Å². The molecular formula is C12H10F2N2.